The molecule has 2 N–H and O–H groups in total. The maximum absolute atomic E-state index is 13.2. The van der Waals surface area contributed by atoms with Crippen molar-refractivity contribution in [3.05, 3.63) is 29.8 Å². The van der Waals surface area contributed by atoms with Crippen molar-refractivity contribution in [3.8, 4) is 0 Å². The first-order chi connectivity index (χ1) is 8.66. The van der Waals surface area contributed by atoms with E-state index in [1.807, 2.05) is 0 Å². The Labute approximate surface area is 105 Å². The van der Waals surface area contributed by atoms with Crippen LogP contribution in [0.25, 0.3) is 0 Å². The second-order valence-electron chi connectivity index (χ2n) is 4.55. The molecule has 0 aromatic heterocycles. The van der Waals surface area contributed by atoms with Gasteiger partial charge in [0.25, 0.3) is 0 Å². The Morgan fingerprint density at radius 3 is 2.56 bits per heavy atom. The summed E-state index contributed by atoms with van der Waals surface area (Å²) in [4.78, 5) is 11.5. The zero-order valence-corrected chi connectivity index (χ0v) is 10.0. The van der Waals surface area contributed by atoms with Crippen LogP contribution in [0.3, 0.4) is 0 Å². The van der Waals surface area contributed by atoms with Crippen LogP contribution in [0.5, 0.6) is 0 Å². The topological polar surface area (TPSA) is 41.1 Å². The molecule has 1 aromatic carbocycles. The van der Waals surface area contributed by atoms with Crippen LogP contribution >= 0.6 is 0 Å². The van der Waals surface area contributed by atoms with Crippen molar-refractivity contribution < 1.29 is 13.6 Å². The minimum atomic E-state index is -0.763. The van der Waals surface area contributed by atoms with Crippen molar-refractivity contribution in [1.82, 2.24) is 5.32 Å². The molecule has 1 fully saturated rings. The maximum atomic E-state index is 13.2. The van der Waals surface area contributed by atoms with E-state index in [-0.39, 0.29) is 12.2 Å². The molecule has 0 saturated heterocycles. The highest BCUT2D eigenvalue weighted by molar-refractivity contribution is 5.92. The van der Waals surface area contributed by atoms with Gasteiger partial charge in [-0.1, -0.05) is 18.9 Å². The Hall–Kier alpha value is -1.49. The molecular formula is C13H16F2N2O. The average molecular weight is 254 g/mol. The van der Waals surface area contributed by atoms with Gasteiger partial charge in [-0.2, -0.15) is 0 Å². The summed E-state index contributed by atoms with van der Waals surface area (Å²) in [6, 6.07) is 3.48. The fourth-order valence-electron chi connectivity index (χ4n) is 1.72. The van der Waals surface area contributed by atoms with E-state index in [0.717, 1.165) is 31.0 Å². The summed E-state index contributed by atoms with van der Waals surface area (Å²) in [5.41, 5.74) is -0.383. The van der Waals surface area contributed by atoms with Gasteiger partial charge in [-0.25, -0.2) is 8.78 Å². The first-order valence-corrected chi connectivity index (χ1v) is 6.11. The average Bonchev–Trinajstić information content (AvgIpc) is 3.14. The van der Waals surface area contributed by atoms with Gasteiger partial charge in [0, 0.05) is 0 Å². The third-order valence-corrected chi connectivity index (χ3v) is 2.94. The first-order valence-electron chi connectivity index (χ1n) is 6.11. The highest BCUT2D eigenvalue weighted by Gasteiger charge is 2.20. The van der Waals surface area contributed by atoms with Crippen molar-refractivity contribution >= 4 is 11.6 Å². The normalized spacial score (nSPS) is 14.6. The number of nitrogens with one attached hydrogen (secondary N) is 2. The minimum Gasteiger partial charge on any atom is -0.320 e. The maximum Gasteiger partial charge on any atom is 0.238 e. The standard InChI is InChI=1S/C13H16F2N2O/c14-10-2-1-3-11(15)13(10)17-12(18)8-16-7-6-9-4-5-9/h1-3,9,16H,4-8H2,(H,17,18). The van der Waals surface area contributed by atoms with Crippen LogP contribution < -0.4 is 10.6 Å². The number of amides is 1. The van der Waals surface area contributed by atoms with E-state index >= 15 is 0 Å². The molecule has 1 aromatic rings. The summed E-state index contributed by atoms with van der Waals surface area (Å²) < 4.78 is 26.5. The zero-order valence-electron chi connectivity index (χ0n) is 10.0. The lowest BCUT2D eigenvalue weighted by Crippen LogP contribution is -2.29. The van der Waals surface area contributed by atoms with Gasteiger partial charge in [-0.05, 0) is 31.0 Å². The van der Waals surface area contributed by atoms with Crippen LogP contribution in [0.4, 0.5) is 14.5 Å². The lowest BCUT2D eigenvalue weighted by Gasteiger charge is -2.08. The molecule has 18 heavy (non-hydrogen) atoms. The van der Waals surface area contributed by atoms with Crippen LogP contribution in [0.2, 0.25) is 0 Å². The SMILES string of the molecule is O=C(CNCCC1CC1)Nc1c(F)cccc1F. The Balaban J connectivity index is 1.75. The van der Waals surface area contributed by atoms with E-state index in [1.54, 1.807) is 0 Å². The van der Waals surface area contributed by atoms with Gasteiger partial charge in [0.2, 0.25) is 5.91 Å². The third-order valence-electron chi connectivity index (χ3n) is 2.94. The fraction of sp³-hybridized carbons (Fsp3) is 0.462. The zero-order chi connectivity index (χ0) is 13.0. The van der Waals surface area contributed by atoms with Gasteiger partial charge in [-0.3, -0.25) is 4.79 Å². The molecule has 98 valence electrons. The minimum absolute atomic E-state index is 0.0699. The van der Waals surface area contributed by atoms with Crippen molar-refractivity contribution in [2.24, 2.45) is 5.92 Å². The number of hydrogen-bond donors (Lipinski definition) is 2. The number of carbonyl (C=O) groups is 1. The van der Waals surface area contributed by atoms with Crippen molar-refractivity contribution in [2.45, 2.75) is 19.3 Å². The van der Waals surface area contributed by atoms with Crippen molar-refractivity contribution in [1.29, 1.82) is 0 Å². The predicted octanol–water partition coefficient (Wildman–Crippen LogP) is 2.29. The number of carbonyl (C=O) groups excluding carboxylic acids is 1. The number of rotatable bonds is 6. The van der Waals surface area contributed by atoms with E-state index in [1.165, 1.54) is 18.9 Å². The predicted molar refractivity (Wildman–Crippen MR) is 65.2 cm³/mol. The first kappa shape index (κ1) is 13.0. The monoisotopic (exact) mass is 254 g/mol. The van der Waals surface area contributed by atoms with E-state index in [9.17, 15) is 13.6 Å². The molecule has 0 unspecified atom stereocenters. The summed E-state index contributed by atoms with van der Waals surface area (Å²) in [6.07, 6.45) is 3.60. The molecule has 0 aliphatic heterocycles. The van der Waals surface area contributed by atoms with Crippen LogP contribution in [0, 0.1) is 17.6 Å². The molecule has 0 heterocycles. The van der Waals surface area contributed by atoms with Crippen molar-refractivity contribution in [3.63, 3.8) is 0 Å². The molecule has 0 spiro atoms. The molecule has 1 saturated carbocycles. The highest BCUT2D eigenvalue weighted by atomic mass is 19.1. The molecule has 1 amide bonds. The Kier molecular flexibility index (Phi) is 4.25. The number of benzene rings is 1. The summed E-state index contributed by atoms with van der Waals surface area (Å²) in [7, 11) is 0. The molecule has 5 heteroatoms. The summed E-state index contributed by atoms with van der Waals surface area (Å²) in [5.74, 6) is -1.16. The lowest BCUT2D eigenvalue weighted by atomic mass is 10.3. The highest BCUT2D eigenvalue weighted by Crippen LogP contribution is 2.31. The molecule has 3 nitrogen and oxygen atoms in total. The number of hydrogen-bond acceptors (Lipinski definition) is 2. The summed E-state index contributed by atoms with van der Waals surface area (Å²) in [5, 5.41) is 5.19. The van der Waals surface area contributed by atoms with E-state index in [4.69, 9.17) is 0 Å². The summed E-state index contributed by atoms with van der Waals surface area (Å²) >= 11 is 0. The van der Waals surface area contributed by atoms with Crippen LogP contribution in [-0.4, -0.2) is 19.0 Å². The molecule has 1 aliphatic carbocycles. The second kappa shape index (κ2) is 5.91. The van der Waals surface area contributed by atoms with Crippen LogP contribution in [-0.2, 0) is 4.79 Å². The molecule has 0 atom stereocenters. The largest absolute Gasteiger partial charge is 0.320 e. The lowest BCUT2D eigenvalue weighted by molar-refractivity contribution is -0.115. The smallest absolute Gasteiger partial charge is 0.238 e. The fourth-order valence-corrected chi connectivity index (χ4v) is 1.72. The quantitative estimate of drug-likeness (QED) is 0.765. The van der Waals surface area contributed by atoms with Gasteiger partial charge in [-0.15, -0.1) is 0 Å². The summed E-state index contributed by atoms with van der Waals surface area (Å²) in [6.45, 7) is 0.832. The number of anilines is 1. The van der Waals surface area contributed by atoms with Crippen molar-refractivity contribution in [2.75, 3.05) is 18.4 Å². The van der Waals surface area contributed by atoms with E-state index in [0.29, 0.717) is 0 Å². The van der Waals surface area contributed by atoms with Gasteiger partial charge < -0.3 is 10.6 Å². The molecular weight excluding hydrogens is 238 g/mol. The van der Waals surface area contributed by atoms with Crippen LogP contribution in [0.15, 0.2) is 18.2 Å². The number of para-hydroxylation sites is 1. The molecule has 0 bridgehead atoms. The van der Waals surface area contributed by atoms with Crippen LogP contribution in [0.1, 0.15) is 19.3 Å². The molecule has 0 radical (unpaired) electrons. The number of halogens is 2. The molecule has 2 rings (SSSR count). The van der Waals surface area contributed by atoms with Gasteiger partial charge in [0.15, 0.2) is 0 Å². The Morgan fingerprint density at radius 2 is 1.94 bits per heavy atom. The van der Waals surface area contributed by atoms with Gasteiger partial charge in [0.05, 0.1) is 6.54 Å². The van der Waals surface area contributed by atoms with E-state index in [2.05, 4.69) is 10.6 Å². The van der Waals surface area contributed by atoms with Gasteiger partial charge in [0.1, 0.15) is 17.3 Å². The third kappa shape index (κ3) is 3.77. The van der Waals surface area contributed by atoms with Gasteiger partial charge >= 0.3 is 0 Å². The Morgan fingerprint density at radius 1 is 1.28 bits per heavy atom. The van der Waals surface area contributed by atoms with E-state index < -0.39 is 17.5 Å². The Bertz CT molecular complexity index is 413. The second-order valence-corrected chi connectivity index (χ2v) is 4.55. The molecule has 1 aliphatic rings.